The molecule has 7 nitrogen and oxygen atoms in total. The van der Waals surface area contributed by atoms with Gasteiger partial charge >= 0.3 is 0 Å². The summed E-state index contributed by atoms with van der Waals surface area (Å²) in [6, 6.07) is 5.38. The highest BCUT2D eigenvalue weighted by Crippen LogP contribution is 2.44. The number of hydrogen-bond donors (Lipinski definition) is 1. The second kappa shape index (κ2) is 5.59. The average molecular weight is 352 g/mol. The lowest BCUT2D eigenvalue weighted by atomic mass is 9.77. The van der Waals surface area contributed by atoms with Crippen molar-refractivity contribution < 1.29 is 14.3 Å². The first-order chi connectivity index (χ1) is 12.6. The summed E-state index contributed by atoms with van der Waals surface area (Å²) in [4.78, 5) is 23.7. The summed E-state index contributed by atoms with van der Waals surface area (Å²) in [5.74, 6) is 1.66. The van der Waals surface area contributed by atoms with Crippen molar-refractivity contribution in [3.8, 4) is 11.5 Å². The molecule has 26 heavy (non-hydrogen) atoms. The molecule has 1 unspecified atom stereocenters. The van der Waals surface area contributed by atoms with E-state index < -0.39 is 0 Å². The molecule has 5 rings (SSSR count). The lowest BCUT2D eigenvalue weighted by molar-refractivity contribution is 0.0633. The lowest BCUT2D eigenvalue weighted by Crippen LogP contribution is -2.48. The number of benzene rings is 1. The van der Waals surface area contributed by atoms with Gasteiger partial charge in [0.05, 0.1) is 5.69 Å². The van der Waals surface area contributed by atoms with E-state index in [4.69, 9.17) is 15.2 Å². The van der Waals surface area contributed by atoms with Crippen molar-refractivity contribution in [1.29, 1.82) is 0 Å². The van der Waals surface area contributed by atoms with Crippen LogP contribution in [0, 0.1) is 0 Å². The Labute approximate surface area is 151 Å². The van der Waals surface area contributed by atoms with Gasteiger partial charge in [-0.05, 0) is 49.4 Å². The van der Waals surface area contributed by atoms with E-state index in [-0.39, 0.29) is 18.1 Å². The molecule has 2 N–H and O–H groups in total. The van der Waals surface area contributed by atoms with Crippen LogP contribution in [0.4, 0.5) is 5.95 Å². The van der Waals surface area contributed by atoms with Crippen LogP contribution in [0.1, 0.15) is 40.9 Å². The normalized spacial score (nSPS) is 23.3. The van der Waals surface area contributed by atoms with Gasteiger partial charge in [0.25, 0.3) is 5.91 Å². The molecule has 1 spiro atoms. The number of carbonyl (C=O) groups is 1. The van der Waals surface area contributed by atoms with Gasteiger partial charge in [0.1, 0.15) is 0 Å². The molecule has 0 saturated carbocycles. The molecule has 134 valence electrons. The number of amides is 1. The van der Waals surface area contributed by atoms with E-state index in [0.717, 1.165) is 43.5 Å². The first-order valence-electron chi connectivity index (χ1n) is 8.95. The second-order valence-corrected chi connectivity index (χ2v) is 7.28. The fourth-order valence-corrected chi connectivity index (χ4v) is 4.47. The van der Waals surface area contributed by atoms with Crippen LogP contribution in [0.2, 0.25) is 0 Å². The van der Waals surface area contributed by atoms with Crippen LogP contribution in [-0.2, 0) is 11.8 Å². The van der Waals surface area contributed by atoms with Crippen molar-refractivity contribution in [2.24, 2.45) is 0 Å². The minimum Gasteiger partial charge on any atom is -0.454 e. The molecule has 3 heterocycles. The summed E-state index contributed by atoms with van der Waals surface area (Å²) in [5.41, 5.74) is 8.56. The van der Waals surface area contributed by atoms with Gasteiger partial charge in [-0.2, -0.15) is 0 Å². The van der Waals surface area contributed by atoms with Crippen molar-refractivity contribution in [1.82, 2.24) is 14.9 Å². The number of rotatable bonds is 1. The van der Waals surface area contributed by atoms with E-state index in [2.05, 4.69) is 9.97 Å². The van der Waals surface area contributed by atoms with E-state index >= 15 is 0 Å². The van der Waals surface area contributed by atoms with Gasteiger partial charge in [0, 0.05) is 30.3 Å². The zero-order valence-electron chi connectivity index (χ0n) is 14.4. The number of nitrogens with two attached hydrogens (primary N) is 1. The van der Waals surface area contributed by atoms with Crippen LogP contribution in [0.15, 0.2) is 24.4 Å². The molecular formula is C19H20N4O3. The van der Waals surface area contributed by atoms with Gasteiger partial charge < -0.3 is 20.1 Å². The molecular weight excluding hydrogens is 332 g/mol. The van der Waals surface area contributed by atoms with Crippen molar-refractivity contribution in [2.45, 2.75) is 31.1 Å². The van der Waals surface area contributed by atoms with E-state index in [9.17, 15) is 4.79 Å². The van der Waals surface area contributed by atoms with Gasteiger partial charge in [0.2, 0.25) is 12.7 Å². The monoisotopic (exact) mass is 352 g/mol. The van der Waals surface area contributed by atoms with Crippen LogP contribution in [-0.4, -0.2) is 40.7 Å². The number of nitrogens with zero attached hydrogens (tertiary/aromatic N) is 3. The quantitative estimate of drug-likeness (QED) is 0.843. The third-order valence-corrected chi connectivity index (χ3v) is 5.74. The van der Waals surface area contributed by atoms with Crippen molar-refractivity contribution in [3.05, 3.63) is 41.2 Å². The van der Waals surface area contributed by atoms with Gasteiger partial charge in [-0.1, -0.05) is 0 Å². The smallest absolute Gasteiger partial charge is 0.254 e. The van der Waals surface area contributed by atoms with Gasteiger partial charge in [-0.25, -0.2) is 9.97 Å². The van der Waals surface area contributed by atoms with Crippen molar-refractivity contribution in [2.75, 3.05) is 25.6 Å². The first kappa shape index (κ1) is 15.4. The predicted octanol–water partition coefficient (Wildman–Crippen LogP) is 1.91. The molecule has 1 aromatic heterocycles. The molecule has 1 amide bonds. The largest absolute Gasteiger partial charge is 0.454 e. The Hall–Kier alpha value is -2.83. The molecule has 1 atom stereocenters. The maximum atomic E-state index is 13.1. The number of likely N-dealkylation sites (tertiary alicyclic amines) is 1. The Morgan fingerprint density at radius 1 is 1.23 bits per heavy atom. The Bertz CT molecular complexity index is 896. The topological polar surface area (TPSA) is 90.6 Å². The fourth-order valence-electron chi connectivity index (χ4n) is 4.47. The Morgan fingerprint density at radius 2 is 2.12 bits per heavy atom. The molecule has 1 fully saturated rings. The Kier molecular flexibility index (Phi) is 3.32. The highest BCUT2D eigenvalue weighted by Gasteiger charge is 2.44. The number of ether oxygens (including phenoxy) is 2. The number of hydrogen-bond acceptors (Lipinski definition) is 6. The highest BCUT2D eigenvalue weighted by atomic mass is 16.7. The number of anilines is 1. The zero-order valence-corrected chi connectivity index (χ0v) is 14.4. The molecule has 1 aliphatic carbocycles. The summed E-state index contributed by atoms with van der Waals surface area (Å²) in [6.45, 7) is 1.63. The van der Waals surface area contributed by atoms with E-state index in [1.54, 1.807) is 18.2 Å². The van der Waals surface area contributed by atoms with E-state index in [0.29, 0.717) is 29.6 Å². The molecule has 0 bridgehead atoms. The van der Waals surface area contributed by atoms with Crippen molar-refractivity contribution >= 4 is 11.9 Å². The number of piperidine rings is 1. The average Bonchev–Trinajstić information content (AvgIpc) is 3.26. The van der Waals surface area contributed by atoms with Crippen molar-refractivity contribution in [3.63, 3.8) is 0 Å². The summed E-state index contributed by atoms with van der Waals surface area (Å²) in [7, 11) is 0. The van der Waals surface area contributed by atoms with Gasteiger partial charge in [-0.3, -0.25) is 4.79 Å². The SMILES string of the molecule is Nc1ncc2c(n1)C1(CCCN(C(=O)c3ccc4c(c3)OCO4)C1)CC2. The summed E-state index contributed by atoms with van der Waals surface area (Å²) < 4.78 is 10.7. The molecule has 0 radical (unpaired) electrons. The van der Waals surface area contributed by atoms with Crippen LogP contribution in [0.3, 0.4) is 0 Å². The maximum absolute atomic E-state index is 13.1. The molecule has 2 aliphatic heterocycles. The Morgan fingerprint density at radius 3 is 3.04 bits per heavy atom. The lowest BCUT2D eigenvalue weighted by Gasteiger charge is -2.40. The molecule has 1 aromatic carbocycles. The summed E-state index contributed by atoms with van der Waals surface area (Å²) >= 11 is 0. The third kappa shape index (κ3) is 2.30. The standard InChI is InChI=1S/C19H20N4O3/c20-18-21-9-13-4-6-19(16(13)22-18)5-1-7-23(10-19)17(24)12-2-3-14-15(8-12)26-11-25-14/h2-3,8-9H,1,4-7,10-11H2,(H2,20,21,22). The van der Waals surface area contributed by atoms with Crippen LogP contribution in [0.25, 0.3) is 0 Å². The predicted molar refractivity (Wildman–Crippen MR) is 94.1 cm³/mol. The Balaban J connectivity index is 1.43. The fraction of sp³-hybridized carbons (Fsp3) is 0.421. The van der Waals surface area contributed by atoms with Gasteiger partial charge in [0.15, 0.2) is 11.5 Å². The van der Waals surface area contributed by atoms with Crippen LogP contribution < -0.4 is 15.2 Å². The van der Waals surface area contributed by atoms with E-state index in [1.165, 1.54) is 0 Å². The van der Waals surface area contributed by atoms with Crippen LogP contribution in [0.5, 0.6) is 11.5 Å². The highest BCUT2D eigenvalue weighted by molar-refractivity contribution is 5.95. The minimum atomic E-state index is -0.101. The molecule has 1 saturated heterocycles. The summed E-state index contributed by atoms with van der Waals surface area (Å²) in [5, 5.41) is 0. The summed E-state index contributed by atoms with van der Waals surface area (Å²) in [6.07, 6.45) is 5.76. The number of fused-ring (bicyclic) bond motifs is 3. The molecule has 3 aliphatic rings. The first-order valence-corrected chi connectivity index (χ1v) is 8.95. The zero-order chi connectivity index (χ0) is 17.7. The number of carbonyl (C=O) groups excluding carboxylic acids is 1. The number of aromatic nitrogens is 2. The van der Waals surface area contributed by atoms with E-state index in [1.807, 2.05) is 11.1 Å². The molecule has 7 heteroatoms. The van der Waals surface area contributed by atoms with Crippen LogP contribution >= 0.6 is 0 Å². The minimum absolute atomic E-state index is 0.0258. The number of nitrogen functional groups attached to an aromatic ring is 1. The maximum Gasteiger partial charge on any atom is 0.254 e. The second-order valence-electron chi connectivity index (χ2n) is 7.28. The third-order valence-electron chi connectivity index (χ3n) is 5.74. The number of aryl methyl sites for hydroxylation is 1. The molecule has 2 aromatic rings. The van der Waals surface area contributed by atoms with Gasteiger partial charge in [-0.15, -0.1) is 0 Å².